The van der Waals surface area contributed by atoms with Crippen LogP contribution in [0.1, 0.15) is 21.6 Å². The smallest absolute Gasteiger partial charge is 0.434 e. The van der Waals surface area contributed by atoms with Crippen molar-refractivity contribution in [2.24, 2.45) is 0 Å². The molecule has 1 aromatic heterocycles. The van der Waals surface area contributed by atoms with Crippen molar-refractivity contribution in [2.45, 2.75) is 12.7 Å². The third-order valence-corrected chi connectivity index (χ3v) is 4.54. The van der Waals surface area contributed by atoms with E-state index in [4.69, 9.17) is 21.1 Å². The third-order valence-electron chi connectivity index (χ3n) is 4.29. The van der Waals surface area contributed by atoms with Crippen molar-refractivity contribution in [3.8, 4) is 11.4 Å². The minimum atomic E-state index is -4.79. The molecular formula is C21H19ClF3N3O3. The molecule has 0 radical (unpaired) electrons. The average Bonchev–Trinajstić information content (AvgIpc) is 3.20. The number of hydrogen-bond acceptors (Lipinski definition) is 4. The Morgan fingerprint density at radius 2 is 1.77 bits per heavy atom. The Balaban J connectivity index is 1.73. The molecule has 0 aliphatic carbocycles. The number of hydrogen-bond donors (Lipinski definition) is 1. The van der Waals surface area contributed by atoms with E-state index in [0.29, 0.717) is 34.2 Å². The van der Waals surface area contributed by atoms with E-state index in [9.17, 15) is 18.0 Å². The highest BCUT2D eigenvalue weighted by Gasteiger charge is 2.40. The van der Waals surface area contributed by atoms with E-state index < -0.39 is 23.3 Å². The first-order chi connectivity index (χ1) is 14.8. The van der Waals surface area contributed by atoms with Crippen LogP contribution in [0.15, 0.2) is 54.7 Å². The lowest BCUT2D eigenvalue weighted by Crippen LogP contribution is -2.26. The van der Waals surface area contributed by atoms with Crippen LogP contribution < -0.4 is 10.1 Å². The van der Waals surface area contributed by atoms with Crippen molar-refractivity contribution in [3.05, 3.63) is 76.6 Å². The minimum Gasteiger partial charge on any atom is -0.491 e. The van der Waals surface area contributed by atoms with Gasteiger partial charge in [0.15, 0.2) is 5.69 Å². The Labute approximate surface area is 181 Å². The first-order valence-corrected chi connectivity index (χ1v) is 9.57. The van der Waals surface area contributed by atoms with Gasteiger partial charge in [-0.25, -0.2) is 4.68 Å². The molecule has 1 heterocycles. The second kappa shape index (κ2) is 9.84. The lowest BCUT2D eigenvalue weighted by atomic mass is 10.2. The number of amides is 1. The number of ether oxygens (including phenoxy) is 2. The fourth-order valence-electron chi connectivity index (χ4n) is 2.79. The maximum absolute atomic E-state index is 13.7. The highest BCUT2D eigenvalue weighted by atomic mass is 35.5. The highest BCUT2D eigenvalue weighted by molar-refractivity contribution is 6.30. The molecule has 0 aliphatic heterocycles. The van der Waals surface area contributed by atoms with Gasteiger partial charge in [0.2, 0.25) is 0 Å². The molecule has 1 amide bonds. The van der Waals surface area contributed by atoms with E-state index in [2.05, 4.69) is 10.4 Å². The van der Waals surface area contributed by atoms with E-state index in [-0.39, 0.29) is 12.2 Å². The molecule has 164 valence electrons. The van der Waals surface area contributed by atoms with Crippen LogP contribution in [0.25, 0.3) is 5.69 Å². The number of carbonyl (C=O) groups is 1. The predicted octanol–water partition coefficient (Wildman–Crippen LogP) is 4.50. The Hall–Kier alpha value is -3.04. The first kappa shape index (κ1) is 22.6. The molecule has 0 atom stereocenters. The summed E-state index contributed by atoms with van der Waals surface area (Å²) in [6.07, 6.45) is -3.89. The van der Waals surface area contributed by atoms with Crippen molar-refractivity contribution in [1.29, 1.82) is 0 Å². The summed E-state index contributed by atoms with van der Waals surface area (Å²) in [6.45, 7) is 0.883. The molecule has 0 unspecified atom stereocenters. The van der Waals surface area contributed by atoms with Gasteiger partial charge in [-0.2, -0.15) is 18.3 Å². The number of aromatic nitrogens is 2. The third kappa shape index (κ3) is 5.77. The zero-order valence-electron chi connectivity index (χ0n) is 16.4. The van der Waals surface area contributed by atoms with Gasteiger partial charge in [0.05, 0.1) is 24.1 Å². The van der Waals surface area contributed by atoms with Crippen LogP contribution in [0, 0.1) is 0 Å². The fraction of sp³-hybridized carbons (Fsp3) is 0.238. The number of benzene rings is 2. The topological polar surface area (TPSA) is 65.4 Å². The van der Waals surface area contributed by atoms with Crippen molar-refractivity contribution in [2.75, 3.05) is 20.3 Å². The molecule has 0 bridgehead atoms. The number of carbonyl (C=O) groups excluding carboxylic acids is 1. The Morgan fingerprint density at radius 3 is 2.39 bits per heavy atom. The van der Waals surface area contributed by atoms with Gasteiger partial charge in [-0.1, -0.05) is 23.7 Å². The van der Waals surface area contributed by atoms with Crippen molar-refractivity contribution < 1.29 is 27.4 Å². The maximum atomic E-state index is 13.7. The van der Waals surface area contributed by atoms with Crippen LogP contribution in [-0.4, -0.2) is 36.0 Å². The molecule has 0 spiro atoms. The molecule has 0 aliphatic rings. The molecule has 0 fully saturated rings. The number of nitrogens with one attached hydrogen (secondary N) is 1. The van der Waals surface area contributed by atoms with Gasteiger partial charge in [0.25, 0.3) is 5.91 Å². The lowest BCUT2D eigenvalue weighted by molar-refractivity contribution is -0.143. The van der Waals surface area contributed by atoms with Crippen LogP contribution >= 0.6 is 11.6 Å². The summed E-state index contributed by atoms with van der Waals surface area (Å²) in [7, 11) is 1.57. The zero-order chi connectivity index (χ0) is 22.4. The second-order valence-corrected chi connectivity index (χ2v) is 6.90. The normalized spacial score (nSPS) is 11.4. The SMILES string of the molecule is COCCOc1ccc(CNC(=O)c2cnn(-c3ccc(Cl)cc3)c2C(F)(F)F)cc1. The molecule has 3 aromatic rings. The Kier molecular flexibility index (Phi) is 7.19. The van der Waals surface area contributed by atoms with Gasteiger partial charge in [-0.15, -0.1) is 0 Å². The molecule has 31 heavy (non-hydrogen) atoms. The molecule has 6 nitrogen and oxygen atoms in total. The van der Waals surface area contributed by atoms with Crippen LogP contribution in [0.5, 0.6) is 5.75 Å². The monoisotopic (exact) mass is 453 g/mol. The molecule has 0 saturated carbocycles. The quantitative estimate of drug-likeness (QED) is 0.510. The second-order valence-electron chi connectivity index (χ2n) is 6.46. The highest BCUT2D eigenvalue weighted by Crippen LogP contribution is 2.33. The van der Waals surface area contributed by atoms with Gasteiger partial charge < -0.3 is 14.8 Å². The van der Waals surface area contributed by atoms with E-state index in [0.717, 1.165) is 6.20 Å². The molecule has 1 N–H and O–H groups in total. The summed E-state index contributed by atoms with van der Waals surface area (Å²) >= 11 is 5.80. The van der Waals surface area contributed by atoms with E-state index in [1.807, 2.05) is 0 Å². The van der Waals surface area contributed by atoms with Gasteiger partial charge in [0.1, 0.15) is 12.4 Å². The number of alkyl halides is 3. The predicted molar refractivity (Wildman–Crippen MR) is 109 cm³/mol. The van der Waals surface area contributed by atoms with Gasteiger partial charge in [-0.3, -0.25) is 4.79 Å². The largest absolute Gasteiger partial charge is 0.491 e. The van der Waals surface area contributed by atoms with Gasteiger partial charge >= 0.3 is 6.18 Å². The van der Waals surface area contributed by atoms with Crippen molar-refractivity contribution in [1.82, 2.24) is 15.1 Å². The lowest BCUT2D eigenvalue weighted by Gasteiger charge is -2.13. The number of rotatable bonds is 8. The molecular weight excluding hydrogens is 435 g/mol. The number of nitrogens with zero attached hydrogens (tertiary/aromatic N) is 2. The minimum absolute atomic E-state index is 0.0423. The fourth-order valence-corrected chi connectivity index (χ4v) is 2.92. The first-order valence-electron chi connectivity index (χ1n) is 9.19. The zero-order valence-corrected chi connectivity index (χ0v) is 17.2. The van der Waals surface area contributed by atoms with Gasteiger partial charge in [-0.05, 0) is 42.0 Å². The number of methoxy groups -OCH3 is 1. The number of halogens is 4. The summed E-state index contributed by atoms with van der Waals surface area (Å²) in [4.78, 5) is 12.5. The van der Waals surface area contributed by atoms with Crippen LogP contribution in [0.4, 0.5) is 13.2 Å². The van der Waals surface area contributed by atoms with E-state index in [1.165, 1.54) is 24.3 Å². The standard InChI is InChI=1S/C21H19ClF3N3O3/c1-30-10-11-31-17-8-2-14(3-9-17)12-26-20(29)18-13-27-28(19(18)21(23,24)25)16-6-4-15(22)5-7-16/h2-9,13H,10-12H2,1H3,(H,26,29). The average molecular weight is 454 g/mol. The summed E-state index contributed by atoms with van der Waals surface area (Å²) in [6, 6.07) is 12.5. The summed E-state index contributed by atoms with van der Waals surface area (Å²) in [5.41, 5.74) is -0.887. The van der Waals surface area contributed by atoms with Crippen LogP contribution in [0.3, 0.4) is 0 Å². The van der Waals surface area contributed by atoms with Crippen molar-refractivity contribution in [3.63, 3.8) is 0 Å². The van der Waals surface area contributed by atoms with Crippen LogP contribution in [-0.2, 0) is 17.5 Å². The summed E-state index contributed by atoms with van der Waals surface area (Å²) in [5.74, 6) is -0.260. The van der Waals surface area contributed by atoms with Gasteiger partial charge in [0, 0.05) is 18.7 Å². The summed E-state index contributed by atoms with van der Waals surface area (Å²) < 4.78 is 52.2. The summed E-state index contributed by atoms with van der Waals surface area (Å²) in [5, 5.41) is 6.64. The van der Waals surface area contributed by atoms with E-state index >= 15 is 0 Å². The van der Waals surface area contributed by atoms with E-state index in [1.54, 1.807) is 31.4 Å². The molecule has 0 saturated heterocycles. The van der Waals surface area contributed by atoms with Crippen molar-refractivity contribution >= 4 is 17.5 Å². The molecule has 2 aromatic carbocycles. The molecule has 3 rings (SSSR count). The molecule has 10 heteroatoms. The Morgan fingerprint density at radius 1 is 1.10 bits per heavy atom. The Bertz CT molecular complexity index is 1020. The maximum Gasteiger partial charge on any atom is 0.434 e. The van der Waals surface area contributed by atoms with Crippen LogP contribution in [0.2, 0.25) is 5.02 Å².